The topological polar surface area (TPSA) is 26.7 Å². The average Bonchev–Trinajstić information content (AvgIpc) is 2.34. The third kappa shape index (κ3) is 3.93. The Labute approximate surface area is 119 Å². The van der Waals surface area contributed by atoms with Crippen LogP contribution in [-0.2, 0) is 0 Å². The highest BCUT2D eigenvalue weighted by Gasteiger charge is 2.33. The lowest BCUT2D eigenvalue weighted by Gasteiger charge is -2.43. The summed E-state index contributed by atoms with van der Waals surface area (Å²) in [5.74, 6) is 2.07. The molecule has 0 aromatic heterocycles. The van der Waals surface area contributed by atoms with Crippen LogP contribution < -0.4 is 0 Å². The Kier molecular flexibility index (Phi) is 5.27. The monoisotopic (exact) mass is 268 g/mol. The van der Waals surface area contributed by atoms with Crippen molar-refractivity contribution in [1.29, 1.82) is 0 Å². The molecule has 0 aromatic rings. The average molecular weight is 268 g/mol. The SMILES string of the molecule is CC(C)C1CCC(O)C(CN2CCN(C)CC2C)C1. The first-order chi connectivity index (χ1) is 8.97. The van der Waals surface area contributed by atoms with Gasteiger partial charge in [0.25, 0.3) is 0 Å². The molecule has 19 heavy (non-hydrogen) atoms. The molecule has 0 spiro atoms. The summed E-state index contributed by atoms with van der Waals surface area (Å²) in [6.45, 7) is 11.6. The van der Waals surface area contributed by atoms with Gasteiger partial charge in [0.2, 0.25) is 0 Å². The van der Waals surface area contributed by atoms with Gasteiger partial charge in [0.05, 0.1) is 6.10 Å². The van der Waals surface area contributed by atoms with Crippen molar-refractivity contribution >= 4 is 0 Å². The van der Waals surface area contributed by atoms with E-state index in [9.17, 15) is 5.11 Å². The number of piperazine rings is 1. The van der Waals surface area contributed by atoms with Gasteiger partial charge in [-0.05, 0) is 51.0 Å². The quantitative estimate of drug-likeness (QED) is 0.849. The summed E-state index contributed by atoms with van der Waals surface area (Å²) < 4.78 is 0. The Balaban J connectivity index is 1.89. The van der Waals surface area contributed by atoms with Crippen LogP contribution in [0, 0.1) is 17.8 Å². The molecule has 1 saturated carbocycles. The first kappa shape index (κ1) is 15.3. The number of rotatable bonds is 3. The van der Waals surface area contributed by atoms with Crippen LogP contribution in [0.5, 0.6) is 0 Å². The smallest absolute Gasteiger partial charge is 0.0580 e. The molecule has 0 bridgehead atoms. The highest BCUT2D eigenvalue weighted by Crippen LogP contribution is 2.34. The second kappa shape index (κ2) is 6.55. The van der Waals surface area contributed by atoms with Crippen molar-refractivity contribution < 1.29 is 5.11 Å². The van der Waals surface area contributed by atoms with E-state index < -0.39 is 0 Å². The molecule has 112 valence electrons. The molecule has 0 aromatic carbocycles. The van der Waals surface area contributed by atoms with Crippen molar-refractivity contribution in [2.75, 3.05) is 33.2 Å². The number of aliphatic hydroxyl groups is 1. The fraction of sp³-hybridized carbons (Fsp3) is 1.00. The van der Waals surface area contributed by atoms with Crippen LogP contribution in [0.1, 0.15) is 40.0 Å². The summed E-state index contributed by atoms with van der Waals surface area (Å²) >= 11 is 0. The van der Waals surface area contributed by atoms with Gasteiger partial charge in [-0.25, -0.2) is 0 Å². The van der Waals surface area contributed by atoms with Crippen LogP contribution in [0.4, 0.5) is 0 Å². The summed E-state index contributed by atoms with van der Waals surface area (Å²) in [7, 11) is 2.21. The van der Waals surface area contributed by atoms with Gasteiger partial charge >= 0.3 is 0 Å². The van der Waals surface area contributed by atoms with E-state index in [4.69, 9.17) is 0 Å². The van der Waals surface area contributed by atoms with E-state index in [1.807, 2.05) is 0 Å². The molecule has 1 aliphatic heterocycles. The van der Waals surface area contributed by atoms with E-state index >= 15 is 0 Å². The van der Waals surface area contributed by atoms with Gasteiger partial charge < -0.3 is 10.0 Å². The van der Waals surface area contributed by atoms with Crippen molar-refractivity contribution in [2.24, 2.45) is 17.8 Å². The van der Waals surface area contributed by atoms with Crippen LogP contribution >= 0.6 is 0 Å². The zero-order chi connectivity index (χ0) is 14.0. The highest BCUT2D eigenvalue weighted by molar-refractivity contribution is 4.86. The van der Waals surface area contributed by atoms with E-state index in [0.717, 1.165) is 37.9 Å². The van der Waals surface area contributed by atoms with E-state index in [1.54, 1.807) is 0 Å². The third-order valence-electron chi connectivity index (χ3n) is 5.36. The predicted octanol–water partition coefficient (Wildman–Crippen LogP) is 2.06. The molecular formula is C16H32N2O. The summed E-state index contributed by atoms with van der Waals surface area (Å²) in [6.07, 6.45) is 3.38. The molecule has 4 atom stereocenters. The van der Waals surface area contributed by atoms with Gasteiger partial charge in [0.1, 0.15) is 0 Å². The minimum Gasteiger partial charge on any atom is -0.393 e. The van der Waals surface area contributed by atoms with E-state index in [1.165, 1.54) is 19.4 Å². The maximum Gasteiger partial charge on any atom is 0.0580 e. The zero-order valence-electron chi connectivity index (χ0n) is 13.2. The minimum atomic E-state index is -0.0677. The highest BCUT2D eigenvalue weighted by atomic mass is 16.3. The number of hydrogen-bond acceptors (Lipinski definition) is 3. The Hall–Kier alpha value is -0.120. The molecule has 1 saturated heterocycles. The van der Waals surface area contributed by atoms with E-state index in [2.05, 4.69) is 37.6 Å². The largest absolute Gasteiger partial charge is 0.393 e. The summed E-state index contributed by atoms with van der Waals surface area (Å²) in [5.41, 5.74) is 0. The molecule has 3 heteroatoms. The lowest BCUT2D eigenvalue weighted by atomic mass is 9.74. The van der Waals surface area contributed by atoms with Crippen molar-refractivity contribution in [1.82, 2.24) is 9.80 Å². The van der Waals surface area contributed by atoms with Crippen molar-refractivity contribution in [3.63, 3.8) is 0 Å². The lowest BCUT2D eigenvalue weighted by molar-refractivity contribution is -0.00105. The Morgan fingerprint density at radius 2 is 1.95 bits per heavy atom. The first-order valence-electron chi connectivity index (χ1n) is 8.08. The number of aliphatic hydroxyl groups excluding tert-OH is 1. The molecule has 0 amide bonds. The molecule has 2 aliphatic rings. The van der Waals surface area contributed by atoms with Crippen molar-refractivity contribution in [3.8, 4) is 0 Å². The molecule has 2 fully saturated rings. The molecule has 2 rings (SSSR count). The molecular weight excluding hydrogens is 236 g/mol. The summed E-state index contributed by atoms with van der Waals surface area (Å²) in [5, 5.41) is 10.3. The summed E-state index contributed by atoms with van der Waals surface area (Å²) in [4.78, 5) is 5.01. The van der Waals surface area contributed by atoms with Crippen LogP contribution in [0.15, 0.2) is 0 Å². The van der Waals surface area contributed by atoms with Gasteiger partial charge in [-0.2, -0.15) is 0 Å². The van der Waals surface area contributed by atoms with Crippen LogP contribution in [0.25, 0.3) is 0 Å². The second-order valence-electron chi connectivity index (χ2n) is 7.25. The van der Waals surface area contributed by atoms with Gasteiger partial charge in [0, 0.05) is 32.2 Å². The third-order valence-corrected chi connectivity index (χ3v) is 5.36. The van der Waals surface area contributed by atoms with Gasteiger partial charge in [-0.1, -0.05) is 13.8 Å². The van der Waals surface area contributed by atoms with Crippen LogP contribution in [0.2, 0.25) is 0 Å². The number of likely N-dealkylation sites (N-methyl/N-ethyl adjacent to an activating group) is 1. The van der Waals surface area contributed by atoms with Crippen LogP contribution in [0.3, 0.4) is 0 Å². The lowest BCUT2D eigenvalue weighted by Crippen LogP contribution is -2.53. The van der Waals surface area contributed by atoms with Gasteiger partial charge in [0.15, 0.2) is 0 Å². The van der Waals surface area contributed by atoms with Crippen LogP contribution in [-0.4, -0.2) is 60.3 Å². The molecule has 3 nitrogen and oxygen atoms in total. The standard InChI is InChI=1S/C16H32N2O/c1-12(2)14-5-6-16(19)15(9-14)11-18-8-7-17(4)10-13(18)3/h12-16,19H,5-11H2,1-4H3. The fourth-order valence-electron chi connectivity index (χ4n) is 3.84. The Bertz CT molecular complexity index is 282. The summed E-state index contributed by atoms with van der Waals surface area (Å²) in [6, 6.07) is 0.630. The number of nitrogens with zero attached hydrogens (tertiary/aromatic N) is 2. The maximum absolute atomic E-state index is 10.3. The Morgan fingerprint density at radius 1 is 1.21 bits per heavy atom. The second-order valence-corrected chi connectivity index (χ2v) is 7.25. The normalized spacial score (nSPS) is 38.8. The fourth-order valence-corrected chi connectivity index (χ4v) is 3.84. The first-order valence-corrected chi connectivity index (χ1v) is 8.08. The Morgan fingerprint density at radius 3 is 2.58 bits per heavy atom. The molecule has 1 heterocycles. The van der Waals surface area contributed by atoms with Crippen molar-refractivity contribution in [2.45, 2.75) is 52.2 Å². The maximum atomic E-state index is 10.3. The van der Waals surface area contributed by atoms with Gasteiger partial charge in [-0.15, -0.1) is 0 Å². The van der Waals surface area contributed by atoms with E-state index in [-0.39, 0.29) is 6.10 Å². The number of hydrogen-bond donors (Lipinski definition) is 1. The molecule has 1 aliphatic carbocycles. The minimum absolute atomic E-state index is 0.0677. The zero-order valence-corrected chi connectivity index (χ0v) is 13.2. The molecule has 4 unspecified atom stereocenters. The van der Waals surface area contributed by atoms with Gasteiger partial charge in [-0.3, -0.25) is 4.90 Å². The van der Waals surface area contributed by atoms with E-state index in [0.29, 0.717) is 12.0 Å². The molecule has 0 radical (unpaired) electrons. The van der Waals surface area contributed by atoms with Crippen molar-refractivity contribution in [3.05, 3.63) is 0 Å². The molecule has 1 N–H and O–H groups in total. The predicted molar refractivity (Wildman–Crippen MR) is 80.2 cm³/mol.